The van der Waals surface area contributed by atoms with Crippen molar-refractivity contribution in [2.24, 2.45) is 29.2 Å². The van der Waals surface area contributed by atoms with E-state index < -0.39 is 87.2 Å². The maximum absolute atomic E-state index is 15.0. The summed E-state index contributed by atoms with van der Waals surface area (Å²) in [6.45, 7) is 18.5. The van der Waals surface area contributed by atoms with Crippen molar-refractivity contribution >= 4 is 64.2 Å². The molecule has 4 bridgehead atoms. The number of fused-ring (bicyclic) bond motifs is 4. The monoisotopic (exact) mass is 931 g/mol. The van der Waals surface area contributed by atoms with E-state index in [9.17, 15) is 34.2 Å². The number of amides is 6. The van der Waals surface area contributed by atoms with Crippen molar-refractivity contribution in [1.82, 2.24) is 30.4 Å². The molecule has 65 heavy (non-hydrogen) atoms. The highest BCUT2D eigenvalue weighted by Crippen LogP contribution is 2.63. The molecular weight excluding hydrogens is 871 g/mol. The molecule has 1 aromatic carbocycles. The number of nitrogens with one attached hydrogen (secondary N) is 2. The molecule has 5 aliphatic rings. The van der Waals surface area contributed by atoms with Crippen LogP contribution in [0, 0.1) is 17.8 Å². The summed E-state index contributed by atoms with van der Waals surface area (Å²) < 4.78 is 0. The second kappa shape index (κ2) is 15.6. The molecule has 0 saturated carbocycles. The Kier molecular flexibility index (Phi) is 11.1. The molecule has 17 nitrogen and oxygen atoms in total. The van der Waals surface area contributed by atoms with Gasteiger partial charge in [0.1, 0.15) is 10.0 Å². The first-order valence-corrected chi connectivity index (χ1v) is 24.2. The SMILES string of the molecule is CC1C[C@@H](C2CCCN2[C@@]2(C(=O)NC(=O)O)c3nc(cs3)[C@@]2(C)C(C)C(N)=O)N(c2ccc(C(C)(C)C)cc2)[C@]1(C)C1CCCN1[C@@]1(C(=O)NC(=O)O)c2nc(cs2)[C@@]1(C)C(C)C(N)=O. The van der Waals surface area contributed by atoms with Gasteiger partial charge in [-0.05, 0) is 68.1 Å². The highest BCUT2D eigenvalue weighted by atomic mass is 32.1. The van der Waals surface area contributed by atoms with Gasteiger partial charge in [-0.25, -0.2) is 19.6 Å². The Hall–Kier alpha value is -4.98. The van der Waals surface area contributed by atoms with Crippen LogP contribution >= 0.6 is 22.7 Å². The van der Waals surface area contributed by atoms with Gasteiger partial charge in [-0.15, -0.1) is 22.7 Å². The van der Waals surface area contributed by atoms with E-state index in [0.717, 1.165) is 11.3 Å². The molecule has 11 atom stereocenters. The van der Waals surface area contributed by atoms with E-state index >= 15 is 4.79 Å². The average molecular weight is 932 g/mol. The Morgan fingerprint density at radius 2 is 1.22 bits per heavy atom. The number of imide groups is 2. The number of hydrogen-bond donors (Lipinski definition) is 6. The Morgan fingerprint density at radius 1 is 0.754 bits per heavy atom. The molecule has 6 amide bonds. The lowest BCUT2D eigenvalue weighted by Gasteiger charge is -2.57. The van der Waals surface area contributed by atoms with Crippen LogP contribution in [0.4, 0.5) is 15.3 Å². The zero-order valence-corrected chi connectivity index (χ0v) is 40.1. The topological polar surface area (TPSA) is 254 Å². The number of carbonyl (C=O) groups is 6. The third kappa shape index (κ3) is 6.12. The zero-order valence-electron chi connectivity index (χ0n) is 38.4. The standard InChI is InChI=1S/C46H61N9O8S2/c1-23-20-29(28-12-10-18-53(28)45(35(58)51-39(60)61)37-49-30(21-64-37)42(45,7)24(2)33(47)56)55(27-16-14-26(15-17-27)41(4,5)6)44(23,9)32-13-11-19-54(32)46(36(59)52-40(62)63)38-50-31(22-65-38)43(46,8)25(3)34(48)57/h14-17,21-25,28-29,32H,10-13,18-20H2,1-9H3,(H2,47,56)(H2,48,57)(H,51,58)(H,52,59)(H,60,61)(H,62,63)/t23?,24?,25?,28?,29-,32?,42+,43+,44-,45-,46-/m0/s1. The van der Waals surface area contributed by atoms with Crippen LogP contribution < -0.4 is 27.0 Å². The van der Waals surface area contributed by atoms with Gasteiger partial charge in [-0.1, -0.05) is 67.5 Å². The molecule has 5 aliphatic heterocycles. The number of nitrogens with two attached hydrogens (primary N) is 2. The molecule has 0 aliphatic carbocycles. The Morgan fingerprint density at radius 3 is 1.68 bits per heavy atom. The molecule has 19 heteroatoms. The number of rotatable bonds is 11. The molecule has 7 heterocycles. The maximum atomic E-state index is 15.0. The van der Waals surface area contributed by atoms with E-state index in [1.165, 1.54) is 22.7 Å². The van der Waals surface area contributed by atoms with Crippen LogP contribution in [0.25, 0.3) is 0 Å². The zero-order chi connectivity index (χ0) is 47.6. The number of carboxylic acid groups (broad SMARTS) is 2. The first-order chi connectivity index (χ1) is 30.4. The molecule has 5 unspecified atom stereocenters. The van der Waals surface area contributed by atoms with E-state index in [0.29, 0.717) is 66.6 Å². The van der Waals surface area contributed by atoms with Gasteiger partial charge in [-0.2, -0.15) is 0 Å². The molecule has 0 spiro atoms. The van der Waals surface area contributed by atoms with E-state index in [1.54, 1.807) is 27.7 Å². The number of benzene rings is 1. The smallest absolute Gasteiger partial charge is 0.411 e. The van der Waals surface area contributed by atoms with Crippen LogP contribution in [0.1, 0.15) is 121 Å². The lowest BCUT2D eigenvalue weighted by Crippen LogP contribution is -2.73. The summed E-state index contributed by atoms with van der Waals surface area (Å²) >= 11 is 2.52. The van der Waals surface area contributed by atoms with Crippen molar-refractivity contribution < 1.29 is 39.0 Å². The van der Waals surface area contributed by atoms with Crippen LogP contribution in [0.15, 0.2) is 35.0 Å². The van der Waals surface area contributed by atoms with E-state index in [1.807, 2.05) is 10.8 Å². The van der Waals surface area contributed by atoms with Gasteiger partial charge in [0.15, 0.2) is 11.1 Å². The number of carbonyl (C=O) groups excluding carboxylic acids is 4. The number of likely N-dealkylation sites (tertiary alicyclic amines) is 2. The normalized spacial score (nSPS) is 34.1. The Bertz CT molecular complexity index is 2470. The summed E-state index contributed by atoms with van der Waals surface area (Å²) in [5, 5.41) is 29.1. The van der Waals surface area contributed by atoms with Crippen LogP contribution in [0.5, 0.6) is 0 Å². The molecule has 8 N–H and O–H groups in total. The van der Waals surface area contributed by atoms with Gasteiger partial charge in [0, 0.05) is 59.5 Å². The minimum atomic E-state index is -1.73. The fourth-order valence-electron chi connectivity index (χ4n) is 13.1. The first kappa shape index (κ1) is 46.5. The highest BCUT2D eigenvalue weighted by Gasteiger charge is 2.74. The van der Waals surface area contributed by atoms with Crippen molar-refractivity contribution in [2.75, 3.05) is 18.0 Å². The Balaban J connectivity index is 1.33. The molecule has 350 valence electrons. The van der Waals surface area contributed by atoms with Gasteiger partial charge < -0.3 is 26.6 Å². The summed E-state index contributed by atoms with van der Waals surface area (Å²) in [5.74, 6) is -4.86. The number of nitrogens with zero attached hydrogens (tertiary/aromatic N) is 5. The Labute approximate surface area is 386 Å². The van der Waals surface area contributed by atoms with Gasteiger partial charge in [0.25, 0.3) is 11.8 Å². The molecule has 3 fully saturated rings. The molecule has 3 saturated heterocycles. The molecular formula is C46H61N9O8S2. The lowest BCUT2D eigenvalue weighted by molar-refractivity contribution is -0.147. The third-order valence-corrected chi connectivity index (χ3v) is 18.8. The lowest BCUT2D eigenvalue weighted by atomic mass is 9.61. The molecule has 8 rings (SSSR count). The van der Waals surface area contributed by atoms with E-state index in [2.05, 4.69) is 84.2 Å². The fraction of sp³-hybridized carbons (Fsp3) is 0.609. The second-order valence-corrected chi connectivity index (χ2v) is 22.2. The average Bonchev–Trinajstić information content (AvgIpc) is 4.09. The maximum Gasteiger partial charge on any atom is 0.411 e. The van der Waals surface area contributed by atoms with Crippen molar-refractivity contribution in [3.63, 3.8) is 0 Å². The van der Waals surface area contributed by atoms with Gasteiger partial charge in [-0.3, -0.25) is 39.6 Å². The summed E-state index contributed by atoms with van der Waals surface area (Å²) in [6, 6.07) is 7.33. The van der Waals surface area contributed by atoms with Gasteiger partial charge >= 0.3 is 12.2 Å². The van der Waals surface area contributed by atoms with E-state index in [-0.39, 0.29) is 17.4 Å². The highest BCUT2D eigenvalue weighted by molar-refractivity contribution is 7.10. The number of hydrogen-bond acceptors (Lipinski definition) is 13. The predicted octanol–water partition coefficient (Wildman–Crippen LogP) is 4.96. The molecule has 2 aromatic heterocycles. The van der Waals surface area contributed by atoms with Crippen molar-refractivity contribution in [2.45, 2.75) is 145 Å². The molecule has 0 radical (unpaired) electrons. The number of thiazole rings is 2. The largest absolute Gasteiger partial charge is 0.465 e. The van der Waals surface area contributed by atoms with Crippen molar-refractivity contribution in [3.8, 4) is 0 Å². The minimum Gasteiger partial charge on any atom is -0.465 e. The van der Waals surface area contributed by atoms with Gasteiger partial charge in [0.05, 0.1) is 27.8 Å². The van der Waals surface area contributed by atoms with Crippen LogP contribution in [0.3, 0.4) is 0 Å². The number of aromatic nitrogens is 2. The summed E-state index contributed by atoms with van der Waals surface area (Å²) in [7, 11) is 0. The fourth-order valence-corrected chi connectivity index (χ4v) is 15.6. The van der Waals surface area contributed by atoms with E-state index in [4.69, 9.17) is 21.4 Å². The quantitative estimate of drug-likeness (QED) is 0.149. The minimum absolute atomic E-state index is 0.108. The van der Waals surface area contributed by atoms with Gasteiger partial charge in [0.2, 0.25) is 11.8 Å². The third-order valence-electron chi connectivity index (χ3n) is 16.9. The predicted molar refractivity (Wildman–Crippen MR) is 244 cm³/mol. The van der Waals surface area contributed by atoms with Crippen LogP contribution in [0.2, 0.25) is 0 Å². The van der Waals surface area contributed by atoms with Crippen LogP contribution in [-0.2, 0) is 46.5 Å². The number of primary amides is 2. The summed E-state index contributed by atoms with van der Waals surface area (Å²) in [4.78, 5) is 97.9. The molecule has 3 aromatic rings. The van der Waals surface area contributed by atoms with Crippen molar-refractivity contribution in [1.29, 1.82) is 0 Å². The first-order valence-electron chi connectivity index (χ1n) is 22.4. The number of anilines is 1. The van der Waals surface area contributed by atoms with Crippen LogP contribution in [-0.4, -0.2) is 103 Å². The second-order valence-electron chi connectivity index (χ2n) is 20.5. The summed E-state index contributed by atoms with van der Waals surface area (Å²) in [6.07, 6.45) is 0.0994. The van der Waals surface area contributed by atoms with Crippen molar-refractivity contribution in [3.05, 3.63) is 62.0 Å². The summed E-state index contributed by atoms with van der Waals surface area (Å²) in [5.41, 5.74) is 8.07.